The lowest BCUT2D eigenvalue weighted by Gasteiger charge is -2.26. The van der Waals surface area contributed by atoms with Gasteiger partial charge >= 0.3 is 0 Å². The Morgan fingerprint density at radius 3 is 2.90 bits per heavy atom. The van der Waals surface area contributed by atoms with Crippen molar-refractivity contribution >= 4 is 28.9 Å². The molecule has 2 N–H and O–H groups in total. The van der Waals surface area contributed by atoms with Crippen LogP contribution in [0.2, 0.25) is 0 Å². The van der Waals surface area contributed by atoms with Gasteiger partial charge in [0.15, 0.2) is 6.29 Å². The van der Waals surface area contributed by atoms with Crippen LogP contribution in [-0.2, 0) is 13.6 Å². The number of hydrogen-bond acceptors (Lipinski definition) is 5. The number of pyridine rings is 1. The van der Waals surface area contributed by atoms with Crippen molar-refractivity contribution in [1.82, 2.24) is 14.5 Å². The Labute approximate surface area is 169 Å². The lowest BCUT2D eigenvalue weighted by atomic mass is 10.1. The van der Waals surface area contributed by atoms with Gasteiger partial charge in [-0.1, -0.05) is 18.2 Å². The lowest BCUT2D eigenvalue weighted by Crippen LogP contribution is -2.39. The molecule has 1 aliphatic heterocycles. The Balaban J connectivity index is 1.57. The molecular weight excluding hydrogens is 366 g/mol. The highest BCUT2D eigenvalue weighted by molar-refractivity contribution is 6.01. The molecule has 7 heteroatoms. The average Bonchev–Trinajstić information content (AvgIpc) is 3.38. The Bertz CT molecular complexity index is 1070. The highest BCUT2D eigenvalue weighted by Gasteiger charge is 2.31. The topological polar surface area (TPSA) is 84.5 Å². The molecule has 7 nitrogen and oxygen atoms in total. The molecular formula is C22H25N5O2. The van der Waals surface area contributed by atoms with Gasteiger partial charge in [0.05, 0.1) is 34.0 Å². The zero-order chi connectivity index (χ0) is 20.5. The summed E-state index contributed by atoms with van der Waals surface area (Å²) in [7, 11) is 3.81. The van der Waals surface area contributed by atoms with Gasteiger partial charge < -0.3 is 20.1 Å². The molecule has 3 aromatic rings. The molecule has 1 saturated heterocycles. The number of nitrogens with two attached hydrogens (primary N) is 1. The quantitative estimate of drug-likeness (QED) is 0.674. The fraction of sp³-hybridized carbons (Fsp3) is 0.318. The standard InChI is InChI=1S/C22H25N5O2/c1-25-9-8-18-20(25)11-21(19(12-23)24-18)27-10-7-16(13-27)26(2)22(29)17-6-4-3-5-15(17)14-28/h3-6,8-9,11,14,16H,7,10,12-13,23H2,1-2H3. The number of anilines is 1. The minimum absolute atomic E-state index is 0.0527. The molecule has 2 aromatic heterocycles. The third-order valence-electron chi connectivity index (χ3n) is 5.81. The lowest BCUT2D eigenvalue weighted by molar-refractivity contribution is 0.0742. The number of aldehydes is 1. The minimum atomic E-state index is -0.130. The Morgan fingerprint density at radius 1 is 1.34 bits per heavy atom. The molecule has 150 valence electrons. The van der Waals surface area contributed by atoms with Crippen molar-refractivity contribution in [3.8, 4) is 0 Å². The molecule has 1 aliphatic rings. The van der Waals surface area contributed by atoms with Crippen LogP contribution in [0.25, 0.3) is 11.0 Å². The third kappa shape index (κ3) is 3.38. The van der Waals surface area contributed by atoms with E-state index in [-0.39, 0.29) is 11.9 Å². The van der Waals surface area contributed by atoms with E-state index in [9.17, 15) is 9.59 Å². The normalized spacial score (nSPS) is 16.4. The molecule has 1 atom stereocenters. The second-order valence-corrected chi connectivity index (χ2v) is 7.50. The van der Waals surface area contributed by atoms with Gasteiger partial charge in [-0.15, -0.1) is 0 Å². The van der Waals surface area contributed by atoms with Crippen LogP contribution in [0.1, 0.15) is 32.8 Å². The van der Waals surface area contributed by atoms with Crippen LogP contribution in [0.5, 0.6) is 0 Å². The first kappa shape index (κ1) is 19.1. The summed E-state index contributed by atoms with van der Waals surface area (Å²) in [4.78, 5) is 33.0. The maximum Gasteiger partial charge on any atom is 0.254 e. The summed E-state index contributed by atoms with van der Waals surface area (Å²) in [6, 6.07) is 11.1. The molecule has 4 rings (SSSR count). The molecule has 1 unspecified atom stereocenters. The van der Waals surface area contributed by atoms with E-state index in [0.717, 1.165) is 41.7 Å². The van der Waals surface area contributed by atoms with Crippen molar-refractivity contribution in [3.63, 3.8) is 0 Å². The van der Waals surface area contributed by atoms with Crippen molar-refractivity contribution in [2.45, 2.75) is 19.0 Å². The number of nitrogens with zero attached hydrogens (tertiary/aromatic N) is 4. The number of carbonyl (C=O) groups is 2. The van der Waals surface area contributed by atoms with Crippen LogP contribution in [0.15, 0.2) is 42.6 Å². The molecule has 1 fully saturated rings. The maximum atomic E-state index is 13.0. The SMILES string of the molecule is CN(C(=O)c1ccccc1C=O)C1CCN(c2cc3c(ccn3C)nc2CN)C1. The Hall–Kier alpha value is -3.19. The van der Waals surface area contributed by atoms with E-state index in [1.807, 2.05) is 23.9 Å². The third-order valence-corrected chi connectivity index (χ3v) is 5.81. The summed E-state index contributed by atoms with van der Waals surface area (Å²) in [5.41, 5.74) is 10.7. The van der Waals surface area contributed by atoms with Gasteiger partial charge in [-0.3, -0.25) is 9.59 Å². The Kier molecular flexibility index (Phi) is 5.07. The smallest absolute Gasteiger partial charge is 0.254 e. The molecule has 0 saturated carbocycles. The predicted molar refractivity (Wildman–Crippen MR) is 113 cm³/mol. The number of likely N-dealkylation sites (N-methyl/N-ethyl adjacent to an activating group) is 1. The zero-order valence-electron chi connectivity index (χ0n) is 16.7. The van der Waals surface area contributed by atoms with Crippen molar-refractivity contribution < 1.29 is 9.59 Å². The number of aromatic nitrogens is 2. The largest absolute Gasteiger partial charge is 0.368 e. The molecule has 3 heterocycles. The minimum Gasteiger partial charge on any atom is -0.368 e. The van der Waals surface area contributed by atoms with E-state index >= 15 is 0 Å². The first-order valence-electron chi connectivity index (χ1n) is 9.74. The predicted octanol–water partition coefficient (Wildman–Crippen LogP) is 2.20. The summed E-state index contributed by atoms with van der Waals surface area (Å²) in [5.74, 6) is -0.130. The van der Waals surface area contributed by atoms with Crippen molar-refractivity contribution in [2.24, 2.45) is 12.8 Å². The molecule has 1 aromatic carbocycles. The first-order chi connectivity index (χ1) is 14.0. The fourth-order valence-electron chi connectivity index (χ4n) is 4.07. The molecule has 1 amide bonds. The Morgan fingerprint density at radius 2 is 2.14 bits per heavy atom. The number of rotatable bonds is 5. The van der Waals surface area contributed by atoms with Crippen LogP contribution in [0, 0.1) is 0 Å². The molecule has 0 radical (unpaired) electrons. The summed E-state index contributed by atoms with van der Waals surface area (Å²) in [5, 5.41) is 0. The highest BCUT2D eigenvalue weighted by Crippen LogP contribution is 2.29. The van der Waals surface area contributed by atoms with E-state index in [1.54, 1.807) is 36.2 Å². The number of fused-ring (bicyclic) bond motifs is 1. The van der Waals surface area contributed by atoms with E-state index in [2.05, 4.69) is 11.0 Å². The second kappa shape index (κ2) is 7.67. The number of carbonyl (C=O) groups excluding carboxylic acids is 2. The molecule has 29 heavy (non-hydrogen) atoms. The highest BCUT2D eigenvalue weighted by atomic mass is 16.2. The molecule has 0 spiro atoms. The summed E-state index contributed by atoms with van der Waals surface area (Å²) < 4.78 is 2.05. The number of aryl methyl sites for hydroxylation is 1. The van der Waals surface area contributed by atoms with Crippen LogP contribution in [-0.4, -0.2) is 52.8 Å². The van der Waals surface area contributed by atoms with Crippen LogP contribution in [0.3, 0.4) is 0 Å². The molecule has 0 bridgehead atoms. The van der Waals surface area contributed by atoms with Crippen LogP contribution >= 0.6 is 0 Å². The van der Waals surface area contributed by atoms with Crippen molar-refractivity contribution in [1.29, 1.82) is 0 Å². The van der Waals surface area contributed by atoms with Crippen molar-refractivity contribution in [3.05, 3.63) is 59.4 Å². The van der Waals surface area contributed by atoms with Crippen LogP contribution in [0.4, 0.5) is 5.69 Å². The monoisotopic (exact) mass is 391 g/mol. The van der Waals surface area contributed by atoms with Gasteiger partial charge in [0.2, 0.25) is 0 Å². The van der Waals surface area contributed by atoms with Gasteiger partial charge in [0.1, 0.15) is 0 Å². The summed E-state index contributed by atoms with van der Waals surface area (Å²) >= 11 is 0. The van der Waals surface area contributed by atoms with Gasteiger partial charge in [-0.05, 0) is 24.6 Å². The first-order valence-corrected chi connectivity index (χ1v) is 9.74. The zero-order valence-corrected chi connectivity index (χ0v) is 16.7. The van der Waals surface area contributed by atoms with Gasteiger partial charge in [0, 0.05) is 45.5 Å². The number of benzene rings is 1. The van der Waals surface area contributed by atoms with Crippen LogP contribution < -0.4 is 10.6 Å². The second-order valence-electron chi connectivity index (χ2n) is 7.50. The number of hydrogen-bond donors (Lipinski definition) is 1. The summed E-state index contributed by atoms with van der Waals surface area (Å²) in [6.07, 6.45) is 3.57. The van der Waals surface area contributed by atoms with Gasteiger partial charge in [-0.2, -0.15) is 0 Å². The van der Waals surface area contributed by atoms with E-state index < -0.39 is 0 Å². The van der Waals surface area contributed by atoms with E-state index in [0.29, 0.717) is 24.2 Å². The van der Waals surface area contributed by atoms with Gasteiger partial charge in [0.25, 0.3) is 5.91 Å². The van der Waals surface area contributed by atoms with E-state index in [4.69, 9.17) is 10.7 Å². The maximum absolute atomic E-state index is 13.0. The number of amides is 1. The van der Waals surface area contributed by atoms with E-state index in [1.165, 1.54) is 0 Å². The molecule has 0 aliphatic carbocycles. The fourth-order valence-corrected chi connectivity index (χ4v) is 4.07. The van der Waals surface area contributed by atoms with Crippen molar-refractivity contribution in [2.75, 3.05) is 25.0 Å². The van der Waals surface area contributed by atoms with Gasteiger partial charge in [-0.25, -0.2) is 4.98 Å². The average molecular weight is 391 g/mol. The summed E-state index contributed by atoms with van der Waals surface area (Å²) in [6.45, 7) is 1.89.